The molecule has 2 atom stereocenters. The Morgan fingerprint density at radius 1 is 1.45 bits per heavy atom. The van der Waals surface area contributed by atoms with Gasteiger partial charge in [0.1, 0.15) is 5.54 Å². The maximum Gasteiger partial charge on any atom is 0.323 e. The minimum atomic E-state index is -0.653. The van der Waals surface area contributed by atoms with Gasteiger partial charge < -0.3 is 5.11 Å². The Kier molecular flexibility index (Phi) is 1.42. The van der Waals surface area contributed by atoms with Crippen molar-refractivity contribution in [2.75, 3.05) is 0 Å². The second kappa shape index (κ2) is 2.21. The topological polar surface area (TPSA) is 49.3 Å². The molecule has 0 amide bonds. The molecule has 2 saturated heterocycles. The fraction of sp³-hybridized carbons (Fsp3) is 0.875. The molecule has 0 aromatic rings. The summed E-state index contributed by atoms with van der Waals surface area (Å²) in [7, 11) is 0. The lowest BCUT2D eigenvalue weighted by molar-refractivity contribution is -0.145. The predicted molar refractivity (Wildman–Crippen MR) is 40.4 cm³/mol. The van der Waals surface area contributed by atoms with Crippen LogP contribution in [0.3, 0.4) is 0 Å². The maximum atomic E-state index is 10.9. The number of nitrogens with one attached hydrogen (secondary N) is 1. The van der Waals surface area contributed by atoms with E-state index in [0.29, 0.717) is 6.04 Å². The Morgan fingerprint density at radius 3 is 2.91 bits per heavy atom. The molecule has 2 bridgehead atoms. The average molecular weight is 155 g/mol. The maximum absolute atomic E-state index is 10.9. The van der Waals surface area contributed by atoms with Gasteiger partial charge in [0, 0.05) is 6.04 Å². The highest BCUT2D eigenvalue weighted by Gasteiger charge is 2.46. The molecule has 0 aromatic carbocycles. The normalized spacial score (nSPS) is 42.4. The summed E-state index contributed by atoms with van der Waals surface area (Å²) in [6.45, 7) is 0. The Hall–Kier alpha value is -0.570. The fourth-order valence-corrected chi connectivity index (χ4v) is 2.30. The van der Waals surface area contributed by atoms with Gasteiger partial charge in [-0.1, -0.05) is 0 Å². The van der Waals surface area contributed by atoms with Crippen molar-refractivity contribution in [2.45, 2.75) is 43.7 Å². The van der Waals surface area contributed by atoms with Crippen molar-refractivity contribution in [1.82, 2.24) is 5.32 Å². The smallest absolute Gasteiger partial charge is 0.323 e. The van der Waals surface area contributed by atoms with E-state index in [1.807, 2.05) is 0 Å². The zero-order chi connectivity index (χ0) is 7.90. The third-order valence-electron chi connectivity index (χ3n) is 2.97. The van der Waals surface area contributed by atoms with Gasteiger partial charge in [0.2, 0.25) is 0 Å². The van der Waals surface area contributed by atoms with E-state index in [4.69, 9.17) is 5.11 Å². The van der Waals surface area contributed by atoms with Crippen molar-refractivity contribution < 1.29 is 9.90 Å². The fourth-order valence-electron chi connectivity index (χ4n) is 2.30. The van der Waals surface area contributed by atoms with Crippen molar-refractivity contribution in [1.29, 1.82) is 0 Å². The van der Waals surface area contributed by atoms with E-state index in [0.717, 1.165) is 32.1 Å². The number of carbonyl (C=O) groups is 1. The lowest BCUT2D eigenvalue weighted by atomic mass is 9.91. The summed E-state index contributed by atoms with van der Waals surface area (Å²) in [5.74, 6) is -0.653. The summed E-state index contributed by atoms with van der Waals surface area (Å²) >= 11 is 0. The van der Waals surface area contributed by atoms with Crippen LogP contribution in [0.2, 0.25) is 0 Å². The van der Waals surface area contributed by atoms with Crippen molar-refractivity contribution in [3.05, 3.63) is 0 Å². The van der Waals surface area contributed by atoms with Crippen LogP contribution in [0.5, 0.6) is 0 Å². The number of hydrogen-bond acceptors (Lipinski definition) is 2. The van der Waals surface area contributed by atoms with Gasteiger partial charge in [-0.2, -0.15) is 0 Å². The number of hydrogen-bond donors (Lipinski definition) is 2. The predicted octanol–water partition coefficient (Wildman–Crippen LogP) is 0.746. The monoisotopic (exact) mass is 155 g/mol. The first-order valence-corrected chi connectivity index (χ1v) is 4.24. The van der Waals surface area contributed by atoms with Crippen LogP contribution in [0, 0.1) is 0 Å². The van der Waals surface area contributed by atoms with Crippen LogP contribution in [0.4, 0.5) is 0 Å². The minimum Gasteiger partial charge on any atom is -0.480 e. The van der Waals surface area contributed by atoms with Gasteiger partial charge in [0.15, 0.2) is 0 Å². The summed E-state index contributed by atoms with van der Waals surface area (Å²) in [5, 5.41) is 12.2. The lowest BCUT2D eigenvalue weighted by Gasteiger charge is -2.30. The summed E-state index contributed by atoms with van der Waals surface area (Å²) in [6, 6.07) is 0.486. The summed E-state index contributed by atoms with van der Waals surface area (Å²) in [5.41, 5.74) is -0.539. The van der Waals surface area contributed by atoms with Crippen molar-refractivity contribution in [3.8, 4) is 0 Å². The van der Waals surface area contributed by atoms with Crippen LogP contribution in [-0.2, 0) is 4.79 Å². The van der Waals surface area contributed by atoms with Crippen molar-refractivity contribution in [3.63, 3.8) is 0 Å². The van der Waals surface area contributed by atoms with Crippen molar-refractivity contribution in [2.24, 2.45) is 0 Å². The Morgan fingerprint density at radius 2 is 2.27 bits per heavy atom. The minimum absolute atomic E-state index is 0.486. The number of rotatable bonds is 1. The second-order valence-corrected chi connectivity index (χ2v) is 3.66. The molecule has 2 rings (SSSR count). The molecule has 2 N–H and O–H groups in total. The first-order valence-electron chi connectivity index (χ1n) is 4.24. The van der Waals surface area contributed by atoms with Crippen LogP contribution >= 0.6 is 0 Å². The van der Waals surface area contributed by atoms with Crippen LogP contribution < -0.4 is 5.32 Å². The van der Waals surface area contributed by atoms with E-state index < -0.39 is 11.5 Å². The van der Waals surface area contributed by atoms with Gasteiger partial charge >= 0.3 is 5.97 Å². The standard InChI is InChI=1S/C8H13NO2/c10-7(11)8-4-1-2-6(9-8)3-5-8/h6,9H,1-5H2,(H,10,11)/t6-,8?/m1/s1. The highest BCUT2D eigenvalue weighted by Crippen LogP contribution is 2.35. The first kappa shape index (κ1) is 7.10. The first-order chi connectivity index (χ1) is 5.23. The number of aliphatic carboxylic acids is 1. The van der Waals surface area contributed by atoms with Gasteiger partial charge in [-0.05, 0) is 32.1 Å². The van der Waals surface area contributed by atoms with Gasteiger partial charge in [-0.3, -0.25) is 10.1 Å². The third-order valence-corrected chi connectivity index (χ3v) is 2.97. The van der Waals surface area contributed by atoms with Gasteiger partial charge in [-0.15, -0.1) is 0 Å². The zero-order valence-corrected chi connectivity index (χ0v) is 6.47. The van der Waals surface area contributed by atoms with Crippen LogP contribution in [-0.4, -0.2) is 22.7 Å². The molecule has 2 fully saturated rings. The molecule has 3 nitrogen and oxygen atoms in total. The molecule has 2 aliphatic rings. The van der Waals surface area contributed by atoms with Gasteiger partial charge in [0.05, 0.1) is 0 Å². The molecule has 3 heteroatoms. The quantitative estimate of drug-likeness (QED) is 0.587. The molecule has 62 valence electrons. The zero-order valence-electron chi connectivity index (χ0n) is 6.47. The molecule has 0 spiro atoms. The third kappa shape index (κ3) is 0.948. The molecule has 0 aliphatic carbocycles. The molecule has 0 radical (unpaired) electrons. The highest BCUT2D eigenvalue weighted by molar-refractivity contribution is 5.79. The summed E-state index contributed by atoms with van der Waals surface area (Å²) < 4.78 is 0. The van der Waals surface area contributed by atoms with Gasteiger partial charge in [0.25, 0.3) is 0 Å². The largest absolute Gasteiger partial charge is 0.480 e. The van der Waals surface area contributed by atoms with E-state index >= 15 is 0 Å². The van der Waals surface area contributed by atoms with Crippen LogP contribution in [0.25, 0.3) is 0 Å². The second-order valence-electron chi connectivity index (χ2n) is 3.66. The Bertz CT molecular complexity index is 189. The molecular formula is C8H13NO2. The van der Waals surface area contributed by atoms with Crippen LogP contribution in [0.1, 0.15) is 32.1 Å². The number of piperidine rings is 1. The molecule has 11 heavy (non-hydrogen) atoms. The molecule has 0 aromatic heterocycles. The average Bonchev–Trinajstić information content (AvgIpc) is 2.29. The summed E-state index contributed by atoms with van der Waals surface area (Å²) in [6.07, 6.45) is 4.93. The van der Waals surface area contributed by atoms with E-state index in [1.54, 1.807) is 0 Å². The van der Waals surface area contributed by atoms with Crippen molar-refractivity contribution >= 4 is 5.97 Å². The highest BCUT2D eigenvalue weighted by atomic mass is 16.4. The van der Waals surface area contributed by atoms with Crippen LogP contribution in [0.15, 0.2) is 0 Å². The van der Waals surface area contributed by atoms with E-state index in [1.165, 1.54) is 0 Å². The Labute approximate surface area is 65.8 Å². The molecular weight excluding hydrogens is 142 g/mol. The lowest BCUT2D eigenvalue weighted by Crippen LogP contribution is -2.52. The SMILES string of the molecule is O=C(O)C12CCC[C@H](CC1)N2. The van der Waals surface area contributed by atoms with E-state index in [9.17, 15) is 4.79 Å². The number of fused-ring (bicyclic) bond motifs is 2. The number of carboxylic acids is 1. The molecule has 2 aliphatic heterocycles. The summed E-state index contributed by atoms with van der Waals surface area (Å²) in [4.78, 5) is 10.9. The molecule has 2 heterocycles. The van der Waals surface area contributed by atoms with E-state index in [2.05, 4.69) is 5.32 Å². The number of carboxylic acid groups (broad SMARTS) is 1. The molecule has 0 saturated carbocycles. The Balaban J connectivity index is 2.19. The van der Waals surface area contributed by atoms with E-state index in [-0.39, 0.29) is 0 Å². The van der Waals surface area contributed by atoms with Gasteiger partial charge in [-0.25, -0.2) is 0 Å². The molecule has 1 unspecified atom stereocenters.